The normalized spacial score (nSPS) is 13.5. The SMILES string of the molecule is CCOC(=O)C(C)(Cc1cccnc1)c1ccc(F)cc1F. The molecule has 0 bridgehead atoms. The van der Waals surface area contributed by atoms with Gasteiger partial charge in [-0.15, -0.1) is 0 Å². The van der Waals surface area contributed by atoms with Crippen molar-refractivity contribution in [1.82, 2.24) is 4.98 Å². The van der Waals surface area contributed by atoms with Crippen LogP contribution in [-0.2, 0) is 21.4 Å². The molecule has 0 amide bonds. The van der Waals surface area contributed by atoms with Crippen LogP contribution in [0.15, 0.2) is 42.7 Å². The number of esters is 1. The maximum atomic E-state index is 14.2. The van der Waals surface area contributed by atoms with Crippen molar-refractivity contribution < 1.29 is 18.3 Å². The van der Waals surface area contributed by atoms with Crippen molar-refractivity contribution in [1.29, 1.82) is 0 Å². The Morgan fingerprint density at radius 3 is 2.68 bits per heavy atom. The van der Waals surface area contributed by atoms with Gasteiger partial charge < -0.3 is 4.74 Å². The lowest BCUT2D eigenvalue weighted by molar-refractivity contribution is -0.149. The smallest absolute Gasteiger partial charge is 0.316 e. The van der Waals surface area contributed by atoms with Crippen LogP contribution >= 0.6 is 0 Å². The van der Waals surface area contributed by atoms with Crippen LogP contribution in [0.3, 0.4) is 0 Å². The van der Waals surface area contributed by atoms with E-state index in [0.29, 0.717) is 0 Å². The molecule has 5 heteroatoms. The fourth-order valence-electron chi connectivity index (χ4n) is 2.42. The molecule has 0 aliphatic rings. The molecule has 0 saturated heterocycles. The maximum absolute atomic E-state index is 14.2. The van der Waals surface area contributed by atoms with Gasteiger partial charge in [-0.1, -0.05) is 12.1 Å². The van der Waals surface area contributed by atoms with E-state index in [1.165, 1.54) is 6.07 Å². The van der Waals surface area contributed by atoms with E-state index in [1.807, 2.05) is 0 Å². The van der Waals surface area contributed by atoms with Crippen LogP contribution < -0.4 is 0 Å². The highest BCUT2D eigenvalue weighted by atomic mass is 19.1. The number of carbonyl (C=O) groups is 1. The predicted octanol–water partition coefficient (Wildman–Crippen LogP) is 3.42. The summed E-state index contributed by atoms with van der Waals surface area (Å²) in [5, 5.41) is 0. The van der Waals surface area contributed by atoms with Crippen molar-refractivity contribution >= 4 is 5.97 Å². The Kier molecular flexibility index (Phi) is 4.85. The van der Waals surface area contributed by atoms with E-state index in [-0.39, 0.29) is 18.6 Å². The van der Waals surface area contributed by atoms with Gasteiger partial charge in [0.1, 0.15) is 11.6 Å². The van der Waals surface area contributed by atoms with Crippen LogP contribution in [0.5, 0.6) is 0 Å². The minimum atomic E-state index is -1.25. The molecule has 0 aliphatic carbocycles. The third-order valence-electron chi connectivity index (χ3n) is 3.53. The summed E-state index contributed by atoms with van der Waals surface area (Å²) in [4.78, 5) is 16.4. The number of halogens is 2. The summed E-state index contributed by atoms with van der Waals surface area (Å²) in [5.74, 6) is -2.00. The second-order valence-electron chi connectivity index (χ2n) is 5.21. The Balaban J connectivity index is 2.47. The van der Waals surface area contributed by atoms with Gasteiger partial charge in [-0.2, -0.15) is 0 Å². The van der Waals surface area contributed by atoms with Gasteiger partial charge in [-0.25, -0.2) is 8.78 Å². The first-order valence-corrected chi connectivity index (χ1v) is 6.99. The fourth-order valence-corrected chi connectivity index (χ4v) is 2.42. The number of carbonyl (C=O) groups excluding carboxylic acids is 1. The molecule has 0 fully saturated rings. The number of ether oxygens (including phenoxy) is 1. The van der Waals surface area contributed by atoms with Gasteiger partial charge in [0.05, 0.1) is 12.0 Å². The highest BCUT2D eigenvalue weighted by molar-refractivity contribution is 5.83. The van der Waals surface area contributed by atoms with E-state index in [0.717, 1.165) is 17.7 Å². The summed E-state index contributed by atoms with van der Waals surface area (Å²) in [6.45, 7) is 3.46. The monoisotopic (exact) mass is 305 g/mol. The Labute approximate surface area is 128 Å². The predicted molar refractivity (Wildman–Crippen MR) is 78.3 cm³/mol. The van der Waals surface area contributed by atoms with E-state index in [9.17, 15) is 13.6 Å². The molecule has 2 rings (SSSR count). The van der Waals surface area contributed by atoms with Crippen molar-refractivity contribution in [2.75, 3.05) is 6.61 Å². The third-order valence-corrected chi connectivity index (χ3v) is 3.53. The second kappa shape index (κ2) is 6.64. The number of hydrogen-bond acceptors (Lipinski definition) is 3. The highest BCUT2D eigenvalue weighted by Crippen LogP contribution is 2.32. The van der Waals surface area contributed by atoms with Gasteiger partial charge in [-0.3, -0.25) is 9.78 Å². The number of nitrogens with zero attached hydrogens (tertiary/aromatic N) is 1. The number of pyridine rings is 1. The zero-order valence-electron chi connectivity index (χ0n) is 12.5. The average Bonchev–Trinajstić information content (AvgIpc) is 2.48. The van der Waals surface area contributed by atoms with E-state index < -0.39 is 23.0 Å². The van der Waals surface area contributed by atoms with Crippen LogP contribution in [0, 0.1) is 11.6 Å². The van der Waals surface area contributed by atoms with Gasteiger partial charge in [0.25, 0.3) is 0 Å². The second-order valence-corrected chi connectivity index (χ2v) is 5.21. The molecule has 0 spiro atoms. The van der Waals surface area contributed by atoms with Crippen LogP contribution in [0.25, 0.3) is 0 Å². The molecule has 3 nitrogen and oxygen atoms in total. The van der Waals surface area contributed by atoms with Crippen molar-refractivity contribution in [3.63, 3.8) is 0 Å². The first kappa shape index (κ1) is 16.1. The zero-order chi connectivity index (χ0) is 16.2. The van der Waals surface area contributed by atoms with E-state index in [1.54, 1.807) is 38.4 Å². The molecule has 1 heterocycles. The Hall–Kier alpha value is -2.30. The number of aromatic nitrogens is 1. The molecule has 1 unspecified atom stereocenters. The van der Waals surface area contributed by atoms with Crippen LogP contribution in [-0.4, -0.2) is 17.6 Å². The van der Waals surface area contributed by atoms with Gasteiger partial charge in [0.2, 0.25) is 0 Å². The molecule has 2 aromatic rings. The van der Waals surface area contributed by atoms with Crippen LogP contribution in [0.1, 0.15) is 25.0 Å². The Bertz CT molecular complexity index is 661. The Morgan fingerprint density at radius 1 is 1.32 bits per heavy atom. The number of rotatable bonds is 5. The molecule has 0 saturated carbocycles. The van der Waals surface area contributed by atoms with Crippen molar-refractivity contribution in [2.24, 2.45) is 0 Å². The highest BCUT2D eigenvalue weighted by Gasteiger charge is 2.39. The van der Waals surface area contributed by atoms with Gasteiger partial charge in [0, 0.05) is 24.0 Å². The standard InChI is InChI=1S/C17H17F2NO2/c1-3-22-16(21)17(2,10-12-5-4-8-20-11-12)14-7-6-13(18)9-15(14)19/h4-9,11H,3,10H2,1-2H3. The third kappa shape index (κ3) is 3.30. The minimum absolute atomic E-state index is 0.108. The Morgan fingerprint density at radius 2 is 2.09 bits per heavy atom. The zero-order valence-corrected chi connectivity index (χ0v) is 12.5. The molecule has 0 aliphatic heterocycles. The lowest BCUT2D eigenvalue weighted by Crippen LogP contribution is -2.37. The molecule has 0 N–H and O–H groups in total. The summed E-state index contributed by atoms with van der Waals surface area (Å²) in [5.41, 5.74) is -0.380. The molecular weight excluding hydrogens is 288 g/mol. The molecule has 0 radical (unpaired) electrons. The summed E-state index contributed by atoms with van der Waals surface area (Å²) in [7, 11) is 0. The first-order valence-electron chi connectivity index (χ1n) is 6.99. The minimum Gasteiger partial charge on any atom is -0.465 e. The van der Waals surface area contributed by atoms with E-state index in [4.69, 9.17) is 4.74 Å². The lowest BCUT2D eigenvalue weighted by Gasteiger charge is -2.28. The molecule has 1 aromatic heterocycles. The molecule has 1 aromatic carbocycles. The van der Waals surface area contributed by atoms with Crippen LogP contribution in [0.4, 0.5) is 8.78 Å². The average molecular weight is 305 g/mol. The summed E-state index contributed by atoms with van der Waals surface area (Å²) < 4.78 is 32.4. The number of benzene rings is 1. The van der Waals surface area contributed by atoms with Gasteiger partial charge in [0.15, 0.2) is 0 Å². The van der Waals surface area contributed by atoms with Gasteiger partial charge in [-0.05, 0) is 38.0 Å². The number of hydrogen-bond donors (Lipinski definition) is 0. The van der Waals surface area contributed by atoms with E-state index >= 15 is 0 Å². The van der Waals surface area contributed by atoms with Crippen molar-refractivity contribution in [3.8, 4) is 0 Å². The summed E-state index contributed by atoms with van der Waals surface area (Å²) in [6.07, 6.45) is 3.44. The molecule has 22 heavy (non-hydrogen) atoms. The summed E-state index contributed by atoms with van der Waals surface area (Å²) >= 11 is 0. The quantitative estimate of drug-likeness (QED) is 0.795. The topological polar surface area (TPSA) is 39.2 Å². The fraction of sp³-hybridized carbons (Fsp3) is 0.294. The van der Waals surface area contributed by atoms with Crippen molar-refractivity contribution in [3.05, 3.63) is 65.5 Å². The van der Waals surface area contributed by atoms with Gasteiger partial charge >= 0.3 is 5.97 Å². The lowest BCUT2D eigenvalue weighted by atomic mass is 9.77. The van der Waals surface area contributed by atoms with Crippen LogP contribution in [0.2, 0.25) is 0 Å². The first-order chi connectivity index (χ1) is 10.5. The van der Waals surface area contributed by atoms with E-state index in [2.05, 4.69) is 4.98 Å². The molecule has 116 valence electrons. The largest absolute Gasteiger partial charge is 0.465 e. The molecular formula is C17H17F2NO2. The molecule has 1 atom stereocenters. The maximum Gasteiger partial charge on any atom is 0.316 e. The van der Waals surface area contributed by atoms with Crippen molar-refractivity contribution in [2.45, 2.75) is 25.7 Å². The summed E-state index contributed by atoms with van der Waals surface area (Å²) in [6, 6.07) is 6.74.